The van der Waals surface area contributed by atoms with Gasteiger partial charge in [-0.25, -0.2) is 0 Å². The topological polar surface area (TPSA) is 20.2 Å². The third kappa shape index (κ3) is 3.43. The smallest absolute Gasteiger partial charge is 0.188 e. The van der Waals surface area contributed by atoms with Gasteiger partial charge < -0.3 is 4.80 Å². The molecule has 1 aromatic carbocycles. The van der Waals surface area contributed by atoms with Gasteiger partial charge in [-0.1, -0.05) is 41.9 Å². The molecular weight excluding hydrogens is 268 g/mol. The molecule has 1 N–H and O–H groups in total. The first-order valence-electron chi connectivity index (χ1n) is 5.19. The second-order valence-corrected chi connectivity index (χ2v) is 10.6. The van der Waals surface area contributed by atoms with Gasteiger partial charge in [0.25, 0.3) is 0 Å². The lowest BCUT2D eigenvalue weighted by atomic mass is 10.0. The Morgan fingerprint density at radius 1 is 1.20 bits per heavy atom. The molecular formula is C12H19BrOSi. The van der Waals surface area contributed by atoms with Gasteiger partial charge in [0, 0.05) is 4.47 Å². The predicted octanol–water partition coefficient (Wildman–Crippen LogP) is 3.97. The minimum Gasteiger partial charge on any atom is -0.432 e. The third-order valence-electron chi connectivity index (χ3n) is 3.22. The first-order chi connectivity index (χ1) is 6.72. The van der Waals surface area contributed by atoms with Crippen molar-refractivity contribution in [2.75, 3.05) is 0 Å². The number of hydrogen-bond donors (Lipinski definition) is 1. The van der Waals surface area contributed by atoms with Gasteiger partial charge in [-0.3, -0.25) is 0 Å². The molecule has 0 unspecified atom stereocenters. The second kappa shape index (κ2) is 4.40. The fourth-order valence-corrected chi connectivity index (χ4v) is 2.23. The third-order valence-corrected chi connectivity index (χ3v) is 7.23. The van der Waals surface area contributed by atoms with Crippen LogP contribution in [-0.2, 0) is 6.42 Å². The van der Waals surface area contributed by atoms with Crippen molar-refractivity contribution in [2.45, 2.75) is 38.4 Å². The van der Waals surface area contributed by atoms with Gasteiger partial charge in [-0.2, -0.15) is 0 Å². The molecule has 1 rings (SSSR count). The van der Waals surface area contributed by atoms with Crippen LogP contribution in [0, 0.1) is 0 Å². The first kappa shape index (κ1) is 12.9. The molecule has 0 heterocycles. The zero-order chi connectivity index (χ0) is 11.7. The lowest BCUT2D eigenvalue weighted by molar-refractivity contribution is 0.467. The molecule has 0 aliphatic rings. The molecule has 0 fully saturated rings. The minimum atomic E-state index is -2.09. The van der Waals surface area contributed by atoms with Crippen molar-refractivity contribution in [1.82, 2.24) is 0 Å². The highest BCUT2D eigenvalue weighted by Gasteiger charge is 2.37. The standard InChI is InChI=1S/C12H19BrOSi/c1-12(2,15(3,4)14)9-10-5-7-11(13)8-6-10/h5-8,14H,9H2,1-4H3. The van der Waals surface area contributed by atoms with E-state index in [-0.39, 0.29) is 5.04 Å². The van der Waals surface area contributed by atoms with Crippen molar-refractivity contribution in [1.29, 1.82) is 0 Å². The highest BCUT2D eigenvalue weighted by molar-refractivity contribution is 9.10. The Morgan fingerprint density at radius 2 is 1.67 bits per heavy atom. The summed E-state index contributed by atoms with van der Waals surface area (Å²) in [6.07, 6.45) is 0.940. The van der Waals surface area contributed by atoms with E-state index < -0.39 is 8.32 Å². The van der Waals surface area contributed by atoms with E-state index in [9.17, 15) is 4.80 Å². The zero-order valence-corrected chi connectivity index (χ0v) is 12.4. The summed E-state index contributed by atoms with van der Waals surface area (Å²) in [5.41, 5.74) is 1.29. The van der Waals surface area contributed by atoms with E-state index in [4.69, 9.17) is 0 Å². The van der Waals surface area contributed by atoms with Crippen molar-refractivity contribution in [3.05, 3.63) is 34.3 Å². The molecule has 0 atom stereocenters. The van der Waals surface area contributed by atoms with E-state index in [1.54, 1.807) is 0 Å². The van der Waals surface area contributed by atoms with Crippen LogP contribution in [0.1, 0.15) is 19.4 Å². The van der Waals surface area contributed by atoms with E-state index in [0.29, 0.717) is 0 Å². The highest BCUT2D eigenvalue weighted by atomic mass is 79.9. The Morgan fingerprint density at radius 3 is 2.07 bits per heavy atom. The van der Waals surface area contributed by atoms with Crippen molar-refractivity contribution in [2.24, 2.45) is 0 Å². The van der Waals surface area contributed by atoms with Crippen LogP contribution in [0.25, 0.3) is 0 Å². The summed E-state index contributed by atoms with van der Waals surface area (Å²) < 4.78 is 1.10. The molecule has 0 aromatic heterocycles. The van der Waals surface area contributed by atoms with Gasteiger partial charge in [0.05, 0.1) is 0 Å². The largest absolute Gasteiger partial charge is 0.432 e. The fourth-order valence-electron chi connectivity index (χ4n) is 1.33. The molecule has 3 heteroatoms. The second-order valence-electron chi connectivity index (χ2n) is 5.25. The Hall–Kier alpha value is -0.123. The molecule has 0 spiro atoms. The van der Waals surface area contributed by atoms with Crippen LogP contribution in [0.5, 0.6) is 0 Å². The van der Waals surface area contributed by atoms with Gasteiger partial charge in [-0.15, -0.1) is 0 Å². The van der Waals surface area contributed by atoms with Gasteiger partial charge in [0.2, 0.25) is 0 Å². The van der Waals surface area contributed by atoms with Crippen LogP contribution in [0.2, 0.25) is 18.1 Å². The van der Waals surface area contributed by atoms with Crippen molar-refractivity contribution >= 4 is 24.2 Å². The van der Waals surface area contributed by atoms with Crippen molar-refractivity contribution in [3.8, 4) is 0 Å². The summed E-state index contributed by atoms with van der Waals surface area (Å²) in [4.78, 5) is 10.2. The van der Waals surface area contributed by atoms with Crippen LogP contribution in [0.3, 0.4) is 0 Å². The van der Waals surface area contributed by atoms with Crippen LogP contribution < -0.4 is 0 Å². The van der Waals surface area contributed by atoms with Gasteiger partial charge in [0.15, 0.2) is 8.32 Å². The highest BCUT2D eigenvalue weighted by Crippen LogP contribution is 2.38. The predicted molar refractivity (Wildman–Crippen MR) is 71.6 cm³/mol. The first-order valence-corrected chi connectivity index (χ1v) is 8.93. The summed E-state index contributed by atoms with van der Waals surface area (Å²) in [6, 6.07) is 8.34. The Labute approximate surface area is 102 Å². The molecule has 1 nitrogen and oxygen atoms in total. The van der Waals surface area contributed by atoms with Gasteiger partial charge in [0.1, 0.15) is 0 Å². The van der Waals surface area contributed by atoms with Crippen LogP contribution >= 0.6 is 15.9 Å². The summed E-state index contributed by atoms with van der Waals surface area (Å²) >= 11 is 3.42. The molecule has 0 aliphatic heterocycles. The Kier molecular flexibility index (Phi) is 3.79. The quantitative estimate of drug-likeness (QED) is 0.834. The fraction of sp³-hybridized carbons (Fsp3) is 0.500. The molecule has 0 radical (unpaired) electrons. The van der Waals surface area contributed by atoms with Crippen molar-refractivity contribution < 1.29 is 4.80 Å². The summed E-state index contributed by atoms with van der Waals surface area (Å²) in [5.74, 6) is 0. The van der Waals surface area contributed by atoms with E-state index in [1.165, 1.54) is 5.56 Å². The average molecular weight is 287 g/mol. The van der Waals surface area contributed by atoms with Crippen LogP contribution in [0.4, 0.5) is 0 Å². The van der Waals surface area contributed by atoms with E-state index in [1.807, 2.05) is 13.1 Å². The maximum Gasteiger partial charge on any atom is 0.188 e. The van der Waals surface area contributed by atoms with Gasteiger partial charge >= 0.3 is 0 Å². The Bertz CT molecular complexity index is 324. The van der Waals surface area contributed by atoms with E-state index >= 15 is 0 Å². The normalized spacial score (nSPS) is 12.9. The molecule has 15 heavy (non-hydrogen) atoms. The number of hydrogen-bond acceptors (Lipinski definition) is 1. The maximum absolute atomic E-state index is 10.2. The monoisotopic (exact) mass is 286 g/mol. The molecule has 1 aromatic rings. The number of halogens is 1. The number of rotatable bonds is 3. The van der Waals surface area contributed by atoms with Crippen LogP contribution in [0.15, 0.2) is 28.7 Å². The lowest BCUT2D eigenvalue weighted by Crippen LogP contribution is -2.40. The molecule has 84 valence electrons. The molecule has 0 saturated carbocycles. The molecule has 0 aliphatic carbocycles. The summed E-state index contributed by atoms with van der Waals surface area (Å²) in [7, 11) is -2.09. The molecule has 0 amide bonds. The lowest BCUT2D eigenvalue weighted by Gasteiger charge is -2.35. The SMILES string of the molecule is CC(C)(Cc1ccc(Br)cc1)[Si](C)(C)O. The maximum atomic E-state index is 10.2. The van der Waals surface area contributed by atoms with Gasteiger partial charge in [-0.05, 0) is 42.2 Å². The summed E-state index contributed by atoms with van der Waals surface area (Å²) in [6.45, 7) is 8.32. The molecule has 0 bridgehead atoms. The number of benzene rings is 1. The van der Waals surface area contributed by atoms with E-state index in [2.05, 4.69) is 54.0 Å². The van der Waals surface area contributed by atoms with E-state index in [0.717, 1.165) is 10.9 Å². The summed E-state index contributed by atoms with van der Waals surface area (Å²) in [5, 5.41) is 0.0147. The zero-order valence-electron chi connectivity index (χ0n) is 9.84. The molecule has 0 saturated heterocycles. The Balaban J connectivity index is 2.82. The van der Waals surface area contributed by atoms with Crippen molar-refractivity contribution in [3.63, 3.8) is 0 Å². The average Bonchev–Trinajstić information content (AvgIpc) is 2.06. The van der Waals surface area contributed by atoms with Crippen LogP contribution in [-0.4, -0.2) is 13.1 Å². The minimum absolute atomic E-state index is 0.0147.